The van der Waals surface area contributed by atoms with E-state index in [4.69, 9.17) is 0 Å². The molecule has 0 amide bonds. The number of para-hydroxylation sites is 1. The van der Waals surface area contributed by atoms with Gasteiger partial charge in [-0.3, -0.25) is 0 Å². The number of hydrogen-bond acceptors (Lipinski definition) is 2. The lowest BCUT2D eigenvalue weighted by Crippen LogP contribution is -3.11. The van der Waals surface area contributed by atoms with Gasteiger partial charge in [0.15, 0.2) is 6.04 Å². The topological polar surface area (TPSA) is 27.5 Å². The van der Waals surface area contributed by atoms with Crippen LogP contribution in [0.15, 0.2) is 91.0 Å². The van der Waals surface area contributed by atoms with Crippen LogP contribution in [0.4, 0.5) is 5.69 Å². The molecular weight excluding hydrogens is 364 g/mol. The van der Waals surface area contributed by atoms with Crippen LogP contribution in [0.25, 0.3) is 0 Å². The highest BCUT2D eigenvalue weighted by Crippen LogP contribution is 2.51. The summed E-state index contributed by atoms with van der Waals surface area (Å²) in [6, 6.07) is 32.3. The normalized spacial score (nSPS) is 31.6. The highest BCUT2D eigenvalue weighted by molar-refractivity contribution is 7.99. The van der Waals surface area contributed by atoms with E-state index >= 15 is 0 Å². The average molecular weight is 390 g/mol. The maximum Gasteiger partial charge on any atom is 0.224 e. The summed E-state index contributed by atoms with van der Waals surface area (Å²) < 4.78 is 0.790. The van der Waals surface area contributed by atoms with Crippen LogP contribution in [0.2, 0.25) is 0 Å². The number of nitrogens with zero attached hydrogens (tertiary/aromatic N) is 1. The summed E-state index contributed by atoms with van der Waals surface area (Å²) in [5, 5.41) is 14.1. The number of hydroxylamine groups is 2. The first-order chi connectivity index (χ1) is 13.8. The zero-order valence-corrected chi connectivity index (χ0v) is 16.6. The van der Waals surface area contributed by atoms with Gasteiger partial charge in [-0.05, 0) is 23.3 Å². The largest absolute Gasteiger partial charge is 0.630 e. The Morgan fingerprint density at radius 2 is 1.46 bits per heavy atom. The minimum absolute atomic E-state index is 0.00369. The van der Waals surface area contributed by atoms with Crippen molar-refractivity contribution in [2.24, 2.45) is 0 Å². The minimum Gasteiger partial charge on any atom is -0.630 e. The molecule has 5 rings (SSSR count). The molecule has 2 fully saturated rings. The molecular formula is C24H25N2OS+. The number of benzene rings is 3. The maximum absolute atomic E-state index is 13.3. The van der Waals surface area contributed by atoms with Gasteiger partial charge in [0.2, 0.25) is 6.17 Å². The minimum atomic E-state index is -0.00369. The van der Waals surface area contributed by atoms with Gasteiger partial charge in [-0.2, -0.15) is 0 Å². The van der Waals surface area contributed by atoms with Crippen LogP contribution in [0.1, 0.15) is 16.4 Å². The van der Waals surface area contributed by atoms with Crippen LogP contribution in [0.5, 0.6) is 0 Å². The molecule has 4 heteroatoms. The van der Waals surface area contributed by atoms with Crippen molar-refractivity contribution < 1.29 is 5.06 Å². The lowest BCUT2D eigenvalue weighted by Gasteiger charge is -2.38. The smallest absolute Gasteiger partial charge is 0.224 e. The van der Waals surface area contributed by atoms with E-state index in [2.05, 4.69) is 84.9 Å². The molecule has 28 heavy (non-hydrogen) atoms. The van der Waals surface area contributed by atoms with Gasteiger partial charge >= 0.3 is 0 Å². The van der Waals surface area contributed by atoms with E-state index in [9.17, 15) is 5.21 Å². The van der Waals surface area contributed by atoms with Crippen LogP contribution in [-0.2, 0) is 6.42 Å². The van der Waals surface area contributed by atoms with Crippen LogP contribution in [-0.4, -0.2) is 24.6 Å². The number of hydrogen-bond donors (Lipinski definition) is 1. The van der Waals surface area contributed by atoms with Crippen LogP contribution < -0.4 is 9.55 Å². The predicted octanol–water partition coefficient (Wildman–Crippen LogP) is 3.77. The Hall–Kier alpha value is -2.11. The molecule has 0 saturated carbocycles. The molecule has 2 aliphatic rings. The van der Waals surface area contributed by atoms with Crippen molar-refractivity contribution in [3.63, 3.8) is 0 Å². The molecule has 1 N–H and O–H groups in total. The molecule has 3 aromatic carbocycles. The molecule has 3 aromatic rings. The van der Waals surface area contributed by atoms with E-state index < -0.39 is 0 Å². The average Bonchev–Trinajstić information content (AvgIpc) is 3.25. The summed E-state index contributed by atoms with van der Waals surface area (Å²) in [5.41, 5.74) is 3.88. The highest BCUT2D eigenvalue weighted by Gasteiger charge is 2.63. The van der Waals surface area contributed by atoms with Crippen molar-refractivity contribution in [1.82, 2.24) is 4.48 Å². The Balaban J connectivity index is 1.58. The molecule has 5 atom stereocenters. The van der Waals surface area contributed by atoms with Gasteiger partial charge in [0, 0.05) is 0 Å². The summed E-state index contributed by atoms with van der Waals surface area (Å²) >= 11 is 2.02. The summed E-state index contributed by atoms with van der Waals surface area (Å²) in [5.74, 6) is 0.956. The van der Waals surface area contributed by atoms with E-state index in [-0.39, 0.29) is 6.17 Å². The van der Waals surface area contributed by atoms with Gasteiger partial charge in [-0.15, -0.1) is 0 Å². The maximum atomic E-state index is 13.3. The van der Waals surface area contributed by atoms with E-state index in [1.54, 1.807) is 0 Å². The number of fused-ring (bicyclic) bond motifs is 1. The van der Waals surface area contributed by atoms with E-state index in [0.29, 0.717) is 22.9 Å². The lowest BCUT2D eigenvalue weighted by molar-refractivity contribution is -0.867. The second kappa shape index (κ2) is 7.37. The third-order valence-corrected chi connectivity index (χ3v) is 7.91. The zero-order valence-electron chi connectivity index (χ0n) is 15.8. The van der Waals surface area contributed by atoms with E-state index in [1.165, 1.54) is 16.8 Å². The number of thioether (sulfide) groups is 1. The monoisotopic (exact) mass is 389 g/mol. The lowest BCUT2D eigenvalue weighted by atomic mass is 10.0. The standard InChI is InChI=1S/C24H25N2OS/c27-25-17-22-24(20-12-6-2-7-13-20)28-18-26(22,21-14-8-3-9-15-21)23(25)16-19-10-4-1-5-11-19/h1-15,22-25H,16-18H2/q+1. The second-order valence-electron chi connectivity index (χ2n) is 7.84. The quantitative estimate of drug-likeness (QED) is 0.543. The van der Waals surface area contributed by atoms with Crippen molar-refractivity contribution in [3.05, 3.63) is 107 Å². The molecule has 0 spiro atoms. The summed E-state index contributed by atoms with van der Waals surface area (Å²) in [6.07, 6.45) is 0.809. The Bertz CT molecular complexity index is 917. The SMILES string of the molecule is [O-][NH+]1CC2C(c3ccccc3)SC[N+]2(c2ccccc2)C1Cc1ccccc1. The molecule has 2 heterocycles. The fourth-order valence-electron chi connectivity index (χ4n) is 5.07. The fraction of sp³-hybridized carbons (Fsp3) is 0.250. The van der Waals surface area contributed by atoms with Gasteiger partial charge < -0.3 is 10.3 Å². The molecule has 0 aliphatic carbocycles. The molecule has 142 valence electrons. The van der Waals surface area contributed by atoms with Gasteiger partial charge in [-0.25, -0.2) is 4.48 Å². The first-order valence-corrected chi connectivity index (χ1v) is 11.0. The van der Waals surface area contributed by atoms with E-state index in [0.717, 1.165) is 16.8 Å². The molecule has 2 aliphatic heterocycles. The third-order valence-electron chi connectivity index (χ3n) is 6.38. The Morgan fingerprint density at radius 3 is 2.14 bits per heavy atom. The summed E-state index contributed by atoms with van der Waals surface area (Å²) in [4.78, 5) is 0. The zero-order chi connectivity index (χ0) is 19.0. The number of rotatable bonds is 4. The first kappa shape index (κ1) is 18.0. The van der Waals surface area contributed by atoms with Crippen molar-refractivity contribution in [2.75, 3.05) is 12.4 Å². The Kier molecular flexibility index (Phi) is 4.73. The number of quaternary nitrogens is 2. The summed E-state index contributed by atoms with van der Waals surface area (Å²) in [6.45, 7) is 0.666. The van der Waals surface area contributed by atoms with Crippen LogP contribution in [0.3, 0.4) is 0 Å². The van der Waals surface area contributed by atoms with Crippen molar-refractivity contribution in [2.45, 2.75) is 23.9 Å². The molecule has 5 unspecified atom stereocenters. The molecule has 0 bridgehead atoms. The Labute approximate surface area is 170 Å². The first-order valence-electron chi connectivity index (χ1n) is 9.95. The number of nitrogens with one attached hydrogen (secondary N) is 1. The third kappa shape index (κ3) is 2.88. The molecule has 0 aromatic heterocycles. The Morgan fingerprint density at radius 1 is 0.857 bits per heavy atom. The van der Waals surface area contributed by atoms with Crippen LogP contribution in [0, 0.1) is 5.21 Å². The van der Waals surface area contributed by atoms with E-state index in [1.807, 2.05) is 17.8 Å². The van der Waals surface area contributed by atoms with Gasteiger partial charge in [0.1, 0.15) is 18.1 Å². The highest BCUT2D eigenvalue weighted by atomic mass is 32.2. The molecule has 0 radical (unpaired) electrons. The van der Waals surface area contributed by atoms with Crippen molar-refractivity contribution >= 4 is 17.4 Å². The van der Waals surface area contributed by atoms with Gasteiger partial charge in [0.25, 0.3) is 0 Å². The van der Waals surface area contributed by atoms with Crippen molar-refractivity contribution in [1.29, 1.82) is 0 Å². The summed E-state index contributed by atoms with van der Waals surface area (Å²) in [7, 11) is 0. The van der Waals surface area contributed by atoms with Crippen molar-refractivity contribution in [3.8, 4) is 0 Å². The fourth-order valence-corrected chi connectivity index (χ4v) is 6.88. The van der Waals surface area contributed by atoms with Crippen LogP contribution >= 0.6 is 11.8 Å². The van der Waals surface area contributed by atoms with Gasteiger partial charge in [0.05, 0.1) is 11.7 Å². The predicted molar refractivity (Wildman–Crippen MR) is 117 cm³/mol. The van der Waals surface area contributed by atoms with Gasteiger partial charge in [-0.1, -0.05) is 90.6 Å². The second-order valence-corrected chi connectivity index (χ2v) is 8.94. The molecule has 2 saturated heterocycles. The molecule has 3 nitrogen and oxygen atoms in total.